The predicted octanol–water partition coefficient (Wildman–Crippen LogP) is 5.31. The zero-order chi connectivity index (χ0) is 13.3. The second kappa shape index (κ2) is 8.79. The first-order chi connectivity index (χ1) is 9.42. The van der Waals surface area contributed by atoms with Gasteiger partial charge in [0.05, 0.1) is 0 Å². The van der Waals surface area contributed by atoms with Crippen molar-refractivity contribution in [3.8, 4) is 0 Å². The molecule has 0 amide bonds. The van der Waals surface area contributed by atoms with Crippen molar-refractivity contribution in [2.75, 3.05) is 6.54 Å². The molecule has 2 aliphatic carbocycles. The summed E-state index contributed by atoms with van der Waals surface area (Å²) in [5.74, 6) is 0. The summed E-state index contributed by atoms with van der Waals surface area (Å²) in [6, 6.07) is 1.83. The molecule has 2 rings (SSSR count). The van der Waals surface area contributed by atoms with E-state index in [9.17, 15) is 0 Å². The van der Waals surface area contributed by atoms with Crippen LogP contribution in [0.2, 0.25) is 0 Å². The third kappa shape index (κ3) is 4.95. The average Bonchev–Trinajstić information content (AvgIpc) is 2.49. The lowest BCUT2D eigenvalue weighted by Gasteiger charge is -2.41. The minimum Gasteiger partial charge on any atom is -0.297 e. The van der Waals surface area contributed by atoms with Crippen LogP contribution in [0.5, 0.6) is 0 Å². The van der Waals surface area contributed by atoms with E-state index in [1.54, 1.807) is 0 Å². The number of rotatable bonds is 7. The second-order valence-corrected chi connectivity index (χ2v) is 6.61. The molecule has 0 aliphatic heterocycles. The molecular weight excluding hydrogens is 230 g/mol. The Balaban J connectivity index is 1.84. The molecule has 0 aromatic heterocycles. The van der Waals surface area contributed by atoms with Gasteiger partial charge in [-0.1, -0.05) is 44.6 Å². The Labute approximate surface area is 120 Å². The molecule has 0 aromatic rings. The standard InChI is InChI=1S/C18H33N/c1-2-3-4-11-16-19(17-12-7-5-8-13-17)18-14-9-6-10-15-18/h2,17-18H,1,3-16H2. The second-order valence-electron chi connectivity index (χ2n) is 6.61. The molecule has 0 radical (unpaired) electrons. The molecule has 2 aliphatic rings. The zero-order valence-corrected chi connectivity index (χ0v) is 12.8. The molecule has 1 heteroatoms. The molecule has 0 N–H and O–H groups in total. The number of unbranched alkanes of at least 4 members (excludes halogenated alkanes) is 2. The Morgan fingerprint density at radius 2 is 1.32 bits per heavy atom. The van der Waals surface area contributed by atoms with E-state index in [-0.39, 0.29) is 0 Å². The topological polar surface area (TPSA) is 3.24 Å². The summed E-state index contributed by atoms with van der Waals surface area (Å²) >= 11 is 0. The van der Waals surface area contributed by atoms with Crippen LogP contribution in [0.25, 0.3) is 0 Å². The number of hydrogen-bond acceptors (Lipinski definition) is 1. The van der Waals surface area contributed by atoms with E-state index in [4.69, 9.17) is 0 Å². The summed E-state index contributed by atoms with van der Waals surface area (Å²) in [6.45, 7) is 5.19. The summed E-state index contributed by atoms with van der Waals surface area (Å²) in [6.07, 6.45) is 20.7. The van der Waals surface area contributed by atoms with Crippen molar-refractivity contribution in [1.29, 1.82) is 0 Å². The fourth-order valence-electron chi connectivity index (χ4n) is 4.07. The molecule has 2 saturated carbocycles. The van der Waals surface area contributed by atoms with Crippen LogP contribution in [-0.4, -0.2) is 23.5 Å². The quantitative estimate of drug-likeness (QED) is 0.444. The van der Waals surface area contributed by atoms with Gasteiger partial charge >= 0.3 is 0 Å². The fraction of sp³-hybridized carbons (Fsp3) is 0.889. The van der Waals surface area contributed by atoms with Gasteiger partial charge in [-0.2, -0.15) is 0 Å². The Kier molecular flexibility index (Phi) is 6.98. The van der Waals surface area contributed by atoms with Gasteiger partial charge in [0.25, 0.3) is 0 Å². The lowest BCUT2D eigenvalue weighted by molar-refractivity contribution is 0.0791. The number of allylic oxidation sites excluding steroid dienone is 1. The first-order valence-corrected chi connectivity index (χ1v) is 8.78. The maximum Gasteiger partial charge on any atom is 0.00981 e. The Morgan fingerprint density at radius 1 is 0.789 bits per heavy atom. The first kappa shape index (κ1) is 15.1. The normalized spacial score (nSPS) is 22.8. The fourth-order valence-corrected chi connectivity index (χ4v) is 4.07. The molecule has 19 heavy (non-hydrogen) atoms. The van der Waals surface area contributed by atoms with Crippen molar-refractivity contribution in [3.63, 3.8) is 0 Å². The summed E-state index contributed by atoms with van der Waals surface area (Å²) in [5, 5.41) is 0. The van der Waals surface area contributed by atoms with Crippen molar-refractivity contribution in [2.24, 2.45) is 0 Å². The third-order valence-electron chi connectivity index (χ3n) is 5.16. The Morgan fingerprint density at radius 3 is 1.79 bits per heavy atom. The van der Waals surface area contributed by atoms with E-state index in [1.807, 2.05) is 0 Å². The number of nitrogens with zero attached hydrogens (tertiary/aromatic N) is 1. The highest BCUT2D eigenvalue weighted by Gasteiger charge is 2.28. The van der Waals surface area contributed by atoms with Gasteiger partial charge in [0, 0.05) is 12.1 Å². The van der Waals surface area contributed by atoms with Gasteiger partial charge < -0.3 is 0 Å². The van der Waals surface area contributed by atoms with Gasteiger partial charge in [-0.3, -0.25) is 4.90 Å². The van der Waals surface area contributed by atoms with Gasteiger partial charge in [-0.15, -0.1) is 6.58 Å². The number of hydrogen-bond donors (Lipinski definition) is 0. The van der Waals surface area contributed by atoms with Gasteiger partial charge in [0.1, 0.15) is 0 Å². The zero-order valence-electron chi connectivity index (χ0n) is 12.8. The third-order valence-corrected chi connectivity index (χ3v) is 5.16. The van der Waals surface area contributed by atoms with Crippen molar-refractivity contribution >= 4 is 0 Å². The maximum absolute atomic E-state index is 3.84. The van der Waals surface area contributed by atoms with Crippen LogP contribution in [0.15, 0.2) is 12.7 Å². The lowest BCUT2D eigenvalue weighted by Crippen LogP contribution is -2.45. The minimum atomic E-state index is 0.917. The molecule has 0 unspecified atom stereocenters. The van der Waals surface area contributed by atoms with E-state index < -0.39 is 0 Å². The summed E-state index contributed by atoms with van der Waals surface area (Å²) in [4.78, 5) is 2.93. The van der Waals surface area contributed by atoms with Gasteiger partial charge in [-0.25, -0.2) is 0 Å². The van der Waals surface area contributed by atoms with Crippen LogP contribution in [-0.2, 0) is 0 Å². The van der Waals surface area contributed by atoms with E-state index >= 15 is 0 Å². The molecule has 0 spiro atoms. The summed E-state index contributed by atoms with van der Waals surface area (Å²) in [5.41, 5.74) is 0. The average molecular weight is 263 g/mol. The van der Waals surface area contributed by atoms with Gasteiger partial charge in [0.15, 0.2) is 0 Å². The SMILES string of the molecule is C=CCCCCN(C1CCCCC1)C1CCCCC1. The van der Waals surface area contributed by atoms with Gasteiger partial charge in [-0.05, 0) is 51.5 Å². The largest absolute Gasteiger partial charge is 0.297 e. The van der Waals surface area contributed by atoms with Crippen molar-refractivity contribution in [1.82, 2.24) is 4.90 Å². The highest BCUT2D eigenvalue weighted by molar-refractivity contribution is 4.84. The molecule has 1 nitrogen and oxygen atoms in total. The van der Waals surface area contributed by atoms with Crippen LogP contribution >= 0.6 is 0 Å². The monoisotopic (exact) mass is 263 g/mol. The highest BCUT2D eigenvalue weighted by atomic mass is 15.2. The van der Waals surface area contributed by atoms with Crippen molar-refractivity contribution in [3.05, 3.63) is 12.7 Å². The van der Waals surface area contributed by atoms with Crippen LogP contribution in [0.3, 0.4) is 0 Å². The van der Waals surface area contributed by atoms with Crippen LogP contribution in [0, 0.1) is 0 Å². The molecule has 0 atom stereocenters. The summed E-state index contributed by atoms with van der Waals surface area (Å²) < 4.78 is 0. The predicted molar refractivity (Wildman–Crippen MR) is 84.5 cm³/mol. The Hall–Kier alpha value is -0.300. The summed E-state index contributed by atoms with van der Waals surface area (Å²) in [7, 11) is 0. The molecule has 0 saturated heterocycles. The molecule has 0 heterocycles. The van der Waals surface area contributed by atoms with Crippen molar-refractivity contribution < 1.29 is 0 Å². The van der Waals surface area contributed by atoms with E-state index in [1.165, 1.54) is 90.0 Å². The highest BCUT2D eigenvalue weighted by Crippen LogP contribution is 2.30. The molecule has 2 fully saturated rings. The lowest BCUT2D eigenvalue weighted by atomic mass is 9.88. The van der Waals surface area contributed by atoms with Gasteiger partial charge in [0.2, 0.25) is 0 Å². The molecule has 0 aromatic carbocycles. The van der Waals surface area contributed by atoms with E-state index in [0.29, 0.717) is 0 Å². The van der Waals surface area contributed by atoms with Crippen molar-refractivity contribution in [2.45, 2.75) is 95.6 Å². The first-order valence-electron chi connectivity index (χ1n) is 8.78. The Bertz CT molecular complexity index is 218. The van der Waals surface area contributed by atoms with E-state index in [0.717, 1.165) is 12.1 Å². The van der Waals surface area contributed by atoms with Crippen LogP contribution in [0.4, 0.5) is 0 Å². The molecule has 0 bridgehead atoms. The maximum atomic E-state index is 3.84. The minimum absolute atomic E-state index is 0.917. The molecular formula is C18H33N. The van der Waals surface area contributed by atoms with Crippen LogP contribution < -0.4 is 0 Å². The molecule has 110 valence electrons. The smallest absolute Gasteiger partial charge is 0.00981 e. The van der Waals surface area contributed by atoms with E-state index in [2.05, 4.69) is 17.6 Å². The van der Waals surface area contributed by atoms with Crippen LogP contribution in [0.1, 0.15) is 83.5 Å².